The summed E-state index contributed by atoms with van der Waals surface area (Å²) in [6, 6.07) is 18.9. The van der Waals surface area contributed by atoms with Crippen molar-refractivity contribution in [3.05, 3.63) is 95.1 Å². The summed E-state index contributed by atoms with van der Waals surface area (Å²) in [4.78, 5) is 19.5. The number of nitrogens with two attached hydrogens (primary N) is 1. The maximum absolute atomic E-state index is 12.6. The van der Waals surface area contributed by atoms with E-state index < -0.39 is 0 Å². The number of anilines is 1. The zero-order valence-electron chi connectivity index (χ0n) is 16.5. The van der Waals surface area contributed by atoms with E-state index in [2.05, 4.69) is 21.1 Å². The third kappa shape index (κ3) is 4.31. The molecule has 7 heteroatoms. The van der Waals surface area contributed by atoms with E-state index in [1.54, 1.807) is 17.0 Å². The van der Waals surface area contributed by atoms with Gasteiger partial charge in [-0.15, -0.1) is 0 Å². The molecule has 1 aliphatic rings. The predicted octanol–water partition coefficient (Wildman–Crippen LogP) is 2.66. The van der Waals surface area contributed by atoms with Gasteiger partial charge in [0.2, 0.25) is 5.43 Å². The molecule has 30 heavy (non-hydrogen) atoms. The van der Waals surface area contributed by atoms with E-state index in [4.69, 9.17) is 10.5 Å². The number of para-hydroxylation sites is 3. The molecule has 1 aromatic heterocycles. The Morgan fingerprint density at radius 1 is 1.00 bits per heavy atom. The van der Waals surface area contributed by atoms with Crippen LogP contribution in [0.15, 0.2) is 88.9 Å². The Kier molecular flexibility index (Phi) is 6.01. The summed E-state index contributed by atoms with van der Waals surface area (Å²) in [6.07, 6.45) is 4.63. The number of nitrogens with zero attached hydrogens (tertiary/aromatic N) is 4. The second-order valence-corrected chi connectivity index (χ2v) is 6.75. The van der Waals surface area contributed by atoms with Gasteiger partial charge in [0.15, 0.2) is 5.69 Å². The summed E-state index contributed by atoms with van der Waals surface area (Å²) in [5.74, 6) is 0. The first-order chi connectivity index (χ1) is 14.8. The van der Waals surface area contributed by atoms with Crippen molar-refractivity contribution in [2.24, 2.45) is 10.7 Å². The van der Waals surface area contributed by atoms with Gasteiger partial charge < -0.3 is 15.4 Å². The first kappa shape index (κ1) is 19.6. The summed E-state index contributed by atoms with van der Waals surface area (Å²) in [5.41, 5.74) is 8.69. The van der Waals surface area contributed by atoms with Crippen molar-refractivity contribution in [2.75, 3.05) is 31.2 Å². The van der Waals surface area contributed by atoms with Crippen LogP contribution < -0.4 is 16.1 Å². The van der Waals surface area contributed by atoms with Crippen molar-refractivity contribution in [2.45, 2.75) is 0 Å². The molecule has 4 rings (SSSR count). The average molecular weight is 401 g/mol. The fourth-order valence-electron chi connectivity index (χ4n) is 3.35. The maximum Gasteiger partial charge on any atom is 0.209 e. The first-order valence-corrected chi connectivity index (χ1v) is 9.81. The monoisotopic (exact) mass is 401 g/mol. The van der Waals surface area contributed by atoms with Crippen molar-refractivity contribution in [1.82, 2.24) is 9.78 Å². The van der Waals surface area contributed by atoms with Crippen LogP contribution >= 0.6 is 0 Å². The Balaban J connectivity index is 1.79. The molecule has 1 fully saturated rings. The van der Waals surface area contributed by atoms with Crippen molar-refractivity contribution in [3.63, 3.8) is 0 Å². The highest BCUT2D eigenvalue weighted by Crippen LogP contribution is 2.24. The Bertz CT molecular complexity index is 1120. The van der Waals surface area contributed by atoms with Crippen LogP contribution in [0.4, 0.5) is 11.4 Å². The van der Waals surface area contributed by atoms with Crippen molar-refractivity contribution in [1.29, 1.82) is 0 Å². The average Bonchev–Trinajstić information content (AvgIpc) is 2.80. The molecular formula is C23H23N5O2. The number of hydrogen-bond acceptors (Lipinski definition) is 6. The van der Waals surface area contributed by atoms with Crippen LogP contribution in [0.1, 0.15) is 5.69 Å². The molecule has 0 radical (unpaired) electrons. The summed E-state index contributed by atoms with van der Waals surface area (Å²) in [7, 11) is 0. The number of rotatable bonds is 5. The Labute approximate surface area is 174 Å². The van der Waals surface area contributed by atoms with E-state index in [0.717, 1.165) is 30.2 Å². The molecule has 2 aromatic carbocycles. The molecule has 1 aliphatic heterocycles. The SMILES string of the molecule is NC=CC(=Nc1ccccc1)c1nn(-c2ccccc2N2CCOCC2)ccc1=O. The first-order valence-electron chi connectivity index (χ1n) is 9.81. The Morgan fingerprint density at radius 3 is 2.43 bits per heavy atom. The summed E-state index contributed by atoms with van der Waals surface area (Å²) >= 11 is 0. The van der Waals surface area contributed by atoms with E-state index >= 15 is 0 Å². The van der Waals surface area contributed by atoms with Gasteiger partial charge in [-0.2, -0.15) is 5.10 Å². The van der Waals surface area contributed by atoms with Crippen LogP contribution in [0.25, 0.3) is 5.69 Å². The number of aliphatic imine (C=N–C) groups is 1. The second-order valence-electron chi connectivity index (χ2n) is 6.75. The van der Waals surface area contributed by atoms with E-state index in [0.29, 0.717) is 18.9 Å². The van der Waals surface area contributed by atoms with Crippen LogP contribution in [0.2, 0.25) is 0 Å². The normalized spacial score (nSPS) is 14.9. The number of allylic oxidation sites excluding steroid dienone is 1. The quantitative estimate of drug-likeness (QED) is 0.665. The lowest BCUT2D eigenvalue weighted by molar-refractivity contribution is 0.122. The highest BCUT2D eigenvalue weighted by molar-refractivity contribution is 6.08. The van der Waals surface area contributed by atoms with Gasteiger partial charge in [0.25, 0.3) is 0 Å². The third-order valence-corrected chi connectivity index (χ3v) is 4.79. The number of ether oxygens (including phenoxy) is 1. The minimum atomic E-state index is -0.220. The molecule has 0 saturated carbocycles. The van der Waals surface area contributed by atoms with Gasteiger partial charge in [0.05, 0.1) is 36.0 Å². The van der Waals surface area contributed by atoms with Gasteiger partial charge in [-0.05, 0) is 36.5 Å². The van der Waals surface area contributed by atoms with Crippen LogP contribution in [0, 0.1) is 0 Å². The van der Waals surface area contributed by atoms with E-state index in [-0.39, 0.29) is 11.1 Å². The highest BCUT2D eigenvalue weighted by atomic mass is 16.5. The van der Waals surface area contributed by atoms with Gasteiger partial charge in [0, 0.05) is 25.4 Å². The van der Waals surface area contributed by atoms with E-state index in [9.17, 15) is 4.79 Å². The van der Waals surface area contributed by atoms with Crippen LogP contribution in [-0.2, 0) is 4.74 Å². The molecule has 7 nitrogen and oxygen atoms in total. The van der Waals surface area contributed by atoms with Crippen LogP contribution in [-0.4, -0.2) is 41.8 Å². The van der Waals surface area contributed by atoms with Gasteiger partial charge in [-0.25, -0.2) is 9.67 Å². The van der Waals surface area contributed by atoms with Gasteiger partial charge >= 0.3 is 0 Å². The third-order valence-electron chi connectivity index (χ3n) is 4.79. The molecule has 0 bridgehead atoms. The maximum atomic E-state index is 12.6. The van der Waals surface area contributed by atoms with Crippen molar-refractivity contribution >= 4 is 17.1 Å². The Morgan fingerprint density at radius 2 is 1.70 bits per heavy atom. The van der Waals surface area contributed by atoms with Gasteiger partial charge in [-0.3, -0.25) is 4.79 Å². The summed E-state index contributed by atoms with van der Waals surface area (Å²) < 4.78 is 7.19. The fourth-order valence-corrected chi connectivity index (χ4v) is 3.35. The lowest BCUT2D eigenvalue weighted by Crippen LogP contribution is -2.37. The van der Waals surface area contributed by atoms with E-state index in [1.165, 1.54) is 12.3 Å². The topological polar surface area (TPSA) is 85.7 Å². The van der Waals surface area contributed by atoms with Crippen LogP contribution in [0.5, 0.6) is 0 Å². The second kappa shape index (κ2) is 9.19. The van der Waals surface area contributed by atoms with Gasteiger partial charge in [-0.1, -0.05) is 30.3 Å². The molecule has 3 aromatic rings. The highest BCUT2D eigenvalue weighted by Gasteiger charge is 2.17. The largest absolute Gasteiger partial charge is 0.405 e. The minimum absolute atomic E-state index is 0.220. The molecule has 0 spiro atoms. The molecule has 0 atom stereocenters. The zero-order valence-corrected chi connectivity index (χ0v) is 16.5. The smallest absolute Gasteiger partial charge is 0.209 e. The summed E-state index contributed by atoms with van der Waals surface area (Å²) in [6.45, 7) is 2.99. The predicted molar refractivity (Wildman–Crippen MR) is 119 cm³/mol. The molecule has 0 aliphatic carbocycles. The van der Waals surface area contributed by atoms with Crippen LogP contribution in [0.3, 0.4) is 0 Å². The van der Waals surface area contributed by atoms with Crippen molar-refractivity contribution in [3.8, 4) is 5.69 Å². The molecule has 2 N–H and O–H groups in total. The fraction of sp³-hybridized carbons (Fsp3) is 0.174. The lowest BCUT2D eigenvalue weighted by atomic mass is 10.2. The molecular weight excluding hydrogens is 378 g/mol. The number of morpholine rings is 1. The summed E-state index contributed by atoms with van der Waals surface area (Å²) in [5, 5.41) is 4.62. The molecule has 0 amide bonds. The number of aromatic nitrogens is 2. The van der Waals surface area contributed by atoms with Gasteiger partial charge in [0.1, 0.15) is 0 Å². The Hall–Kier alpha value is -3.71. The number of hydrogen-bond donors (Lipinski definition) is 1. The molecule has 152 valence electrons. The molecule has 2 heterocycles. The van der Waals surface area contributed by atoms with Crippen molar-refractivity contribution < 1.29 is 4.74 Å². The van der Waals surface area contributed by atoms with E-state index in [1.807, 2.05) is 48.5 Å². The molecule has 1 saturated heterocycles. The molecule has 0 unspecified atom stereocenters. The zero-order chi connectivity index (χ0) is 20.8. The lowest BCUT2D eigenvalue weighted by Gasteiger charge is -2.30. The standard InChI is InChI=1S/C23H23N5O2/c24-12-10-19(25-18-6-2-1-3-7-18)23-22(29)11-13-28(26-23)21-9-5-4-8-20(21)27-14-16-30-17-15-27/h1-13H,14-17,24H2. The minimum Gasteiger partial charge on any atom is -0.405 e. The number of benzene rings is 2.